The van der Waals surface area contributed by atoms with Crippen molar-refractivity contribution < 1.29 is 9.53 Å². The number of carbonyl (C=O) groups is 1. The Morgan fingerprint density at radius 3 is 2.48 bits per heavy atom. The van der Waals surface area contributed by atoms with Crippen LogP contribution < -0.4 is 4.90 Å². The van der Waals surface area contributed by atoms with E-state index in [2.05, 4.69) is 15.9 Å². The van der Waals surface area contributed by atoms with Crippen molar-refractivity contribution in [1.29, 1.82) is 0 Å². The average Bonchev–Trinajstić information content (AvgIpc) is 2.61. The van der Waals surface area contributed by atoms with Crippen molar-refractivity contribution in [3.8, 4) is 0 Å². The van der Waals surface area contributed by atoms with Gasteiger partial charge in [0.15, 0.2) is 0 Å². The second-order valence-corrected chi connectivity index (χ2v) is 6.55. The molecule has 0 bridgehead atoms. The lowest BCUT2D eigenvalue weighted by molar-refractivity contribution is -0.140. The summed E-state index contributed by atoms with van der Waals surface area (Å²) in [4.78, 5) is 19.1. The van der Waals surface area contributed by atoms with Gasteiger partial charge >= 0.3 is 0 Å². The predicted octanol–water partition coefficient (Wildman–Crippen LogP) is 1.71. The summed E-state index contributed by atoms with van der Waals surface area (Å²) < 4.78 is 5.32. The van der Waals surface area contributed by atoms with Crippen molar-refractivity contribution in [3.63, 3.8) is 0 Å². The highest BCUT2D eigenvalue weighted by molar-refractivity contribution is 6.30. The van der Waals surface area contributed by atoms with E-state index in [9.17, 15) is 4.79 Å². The molecule has 1 aromatic carbocycles. The Balaban J connectivity index is 1.54. The van der Waals surface area contributed by atoms with Crippen LogP contribution >= 0.6 is 11.6 Å². The molecule has 1 amide bonds. The van der Waals surface area contributed by atoms with Gasteiger partial charge in [-0.05, 0) is 25.1 Å². The fraction of sp³-hybridized carbons (Fsp3) is 0.588. The Morgan fingerprint density at radius 1 is 1.13 bits per heavy atom. The minimum Gasteiger partial charge on any atom is -0.378 e. The average molecular weight is 338 g/mol. The monoisotopic (exact) mass is 337 g/mol. The van der Waals surface area contributed by atoms with E-state index in [4.69, 9.17) is 16.3 Å². The highest BCUT2D eigenvalue weighted by atomic mass is 35.5. The van der Waals surface area contributed by atoms with E-state index in [0.717, 1.165) is 36.9 Å². The molecule has 1 atom stereocenters. The molecule has 0 aromatic heterocycles. The maximum atomic E-state index is 12.6. The van der Waals surface area contributed by atoms with Gasteiger partial charge < -0.3 is 14.5 Å². The summed E-state index contributed by atoms with van der Waals surface area (Å²) in [7, 11) is 0. The van der Waals surface area contributed by atoms with E-state index in [1.807, 2.05) is 30.0 Å². The third-order valence-electron chi connectivity index (χ3n) is 4.72. The van der Waals surface area contributed by atoms with Crippen LogP contribution in [0, 0.1) is 0 Å². The molecular weight excluding hydrogens is 314 g/mol. The standard InChI is InChI=1S/C17H24ClN3O2/c1-14(17(22)21-9-11-23-12-10-21)19-5-7-20(8-6-19)16-4-2-3-15(18)13-16/h2-4,13-14H,5-12H2,1H3/t14-/m1/s1. The molecule has 5 nitrogen and oxygen atoms in total. The van der Waals surface area contributed by atoms with Crippen LogP contribution in [0.1, 0.15) is 6.92 Å². The molecule has 0 aliphatic carbocycles. The first-order valence-corrected chi connectivity index (χ1v) is 8.64. The molecule has 23 heavy (non-hydrogen) atoms. The molecule has 0 unspecified atom stereocenters. The molecule has 2 fully saturated rings. The lowest BCUT2D eigenvalue weighted by atomic mass is 10.2. The number of morpholine rings is 1. The van der Waals surface area contributed by atoms with Crippen LogP contribution in [0.15, 0.2) is 24.3 Å². The zero-order valence-corrected chi connectivity index (χ0v) is 14.3. The van der Waals surface area contributed by atoms with Crippen molar-refractivity contribution >= 4 is 23.2 Å². The van der Waals surface area contributed by atoms with Crippen molar-refractivity contribution in [1.82, 2.24) is 9.80 Å². The van der Waals surface area contributed by atoms with Gasteiger partial charge in [0.05, 0.1) is 19.3 Å². The molecule has 2 saturated heterocycles. The molecular formula is C17H24ClN3O2. The fourth-order valence-corrected chi connectivity index (χ4v) is 3.43. The molecule has 1 aromatic rings. The molecule has 0 N–H and O–H groups in total. The summed E-state index contributed by atoms with van der Waals surface area (Å²) in [5, 5.41) is 0.765. The van der Waals surface area contributed by atoms with Crippen molar-refractivity contribution in [2.75, 3.05) is 57.4 Å². The number of carbonyl (C=O) groups excluding carboxylic acids is 1. The number of amides is 1. The number of benzene rings is 1. The van der Waals surface area contributed by atoms with Crippen LogP contribution in [0.5, 0.6) is 0 Å². The Labute approximate surface area is 142 Å². The predicted molar refractivity (Wildman–Crippen MR) is 92.1 cm³/mol. The molecule has 0 spiro atoms. The Kier molecular flexibility index (Phi) is 5.41. The van der Waals surface area contributed by atoms with Gasteiger partial charge in [-0.25, -0.2) is 0 Å². The van der Waals surface area contributed by atoms with Crippen molar-refractivity contribution in [2.45, 2.75) is 13.0 Å². The number of nitrogens with zero attached hydrogens (tertiary/aromatic N) is 3. The first-order valence-electron chi connectivity index (χ1n) is 8.26. The zero-order chi connectivity index (χ0) is 16.2. The quantitative estimate of drug-likeness (QED) is 0.841. The summed E-state index contributed by atoms with van der Waals surface area (Å²) in [5.74, 6) is 0.226. The summed E-state index contributed by atoms with van der Waals surface area (Å²) in [6.45, 7) is 8.38. The molecule has 0 saturated carbocycles. The number of ether oxygens (including phenoxy) is 1. The van der Waals surface area contributed by atoms with E-state index < -0.39 is 0 Å². The Bertz CT molecular complexity index is 540. The zero-order valence-electron chi connectivity index (χ0n) is 13.6. The fourth-order valence-electron chi connectivity index (χ4n) is 3.24. The van der Waals surface area contributed by atoms with Crippen LogP contribution in [-0.2, 0) is 9.53 Å². The maximum Gasteiger partial charge on any atom is 0.239 e. The lowest BCUT2D eigenvalue weighted by Crippen LogP contribution is -2.56. The van der Waals surface area contributed by atoms with Crippen LogP contribution in [0.4, 0.5) is 5.69 Å². The Morgan fingerprint density at radius 2 is 1.83 bits per heavy atom. The largest absolute Gasteiger partial charge is 0.378 e. The third kappa shape index (κ3) is 3.97. The first kappa shape index (κ1) is 16.6. The molecule has 2 aliphatic rings. The number of anilines is 1. The van der Waals surface area contributed by atoms with Gasteiger partial charge in [-0.15, -0.1) is 0 Å². The van der Waals surface area contributed by atoms with E-state index in [-0.39, 0.29) is 11.9 Å². The van der Waals surface area contributed by atoms with Crippen molar-refractivity contribution in [3.05, 3.63) is 29.3 Å². The third-order valence-corrected chi connectivity index (χ3v) is 4.95. The summed E-state index contributed by atoms with van der Waals surface area (Å²) in [5.41, 5.74) is 1.16. The molecule has 0 radical (unpaired) electrons. The number of piperazine rings is 1. The van der Waals surface area contributed by atoms with E-state index in [0.29, 0.717) is 26.3 Å². The van der Waals surface area contributed by atoms with Crippen LogP contribution in [-0.4, -0.2) is 74.2 Å². The van der Waals surface area contributed by atoms with Gasteiger partial charge in [0.25, 0.3) is 0 Å². The number of rotatable bonds is 3. The molecule has 3 rings (SSSR count). The van der Waals surface area contributed by atoms with E-state index >= 15 is 0 Å². The molecule has 126 valence electrons. The van der Waals surface area contributed by atoms with E-state index in [1.54, 1.807) is 0 Å². The molecule has 2 aliphatic heterocycles. The number of halogens is 1. The normalized spacial score (nSPS) is 21.3. The van der Waals surface area contributed by atoms with Crippen LogP contribution in [0.2, 0.25) is 5.02 Å². The van der Waals surface area contributed by atoms with Gasteiger partial charge in [0.2, 0.25) is 5.91 Å². The second-order valence-electron chi connectivity index (χ2n) is 6.12. The number of hydrogen-bond donors (Lipinski definition) is 0. The van der Waals surface area contributed by atoms with Crippen LogP contribution in [0.3, 0.4) is 0 Å². The van der Waals surface area contributed by atoms with Gasteiger partial charge in [-0.3, -0.25) is 9.69 Å². The van der Waals surface area contributed by atoms with Gasteiger partial charge in [0.1, 0.15) is 0 Å². The molecule has 2 heterocycles. The van der Waals surface area contributed by atoms with Crippen LogP contribution in [0.25, 0.3) is 0 Å². The molecule has 6 heteroatoms. The van der Waals surface area contributed by atoms with Gasteiger partial charge in [-0.1, -0.05) is 17.7 Å². The summed E-state index contributed by atoms with van der Waals surface area (Å²) >= 11 is 6.07. The second kappa shape index (κ2) is 7.51. The van der Waals surface area contributed by atoms with Crippen molar-refractivity contribution in [2.24, 2.45) is 0 Å². The Hall–Kier alpha value is -1.30. The smallest absolute Gasteiger partial charge is 0.239 e. The maximum absolute atomic E-state index is 12.6. The highest BCUT2D eigenvalue weighted by Crippen LogP contribution is 2.21. The van der Waals surface area contributed by atoms with Gasteiger partial charge in [0, 0.05) is 50.0 Å². The van der Waals surface area contributed by atoms with E-state index in [1.165, 1.54) is 0 Å². The minimum absolute atomic E-state index is 0.0605. The highest BCUT2D eigenvalue weighted by Gasteiger charge is 2.29. The summed E-state index contributed by atoms with van der Waals surface area (Å²) in [6, 6.07) is 7.90. The first-order chi connectivity index (χ1) is 11.1. The topological polar surface area (TPSA) is 36.0 Å². The number of hydrogen-bond acceptors (Lipinski definition) is 4. The summed E-state index contributed by atoms with van der Waals surface area (Å²) in [6.07, 6.45) is 0. The SMILES string of the molecule is C[C@H](C(=O)N1CCOCC1)N1CCN(c2cccc(Cl)c2)CC1. The lowest BCUT2D eigenvalue weighted by Gasteiger charge is -2.40. The minimum atomic E-state index is -0.0605. The van der Waals surface area contributed by atoms with Gasteiger partial charge in [-0.2, -0.15) is 0 Å².